The minimum atomic E-state index is -4.68. The summed E-state index contributed by atoms with van der Waals surface area (Å²) in [5.41, 5.74) is 2.81. The van der Waals surface area contributed by atoms with Gasteiger partial charge in [-0.1, -0.05) is 5.16 Å². The van der Waals surface area contributed by atoms with Crippen LogP contribution in [0.4, 0.5) is 19.1 Å². The normalized spacial score (nSPS) is 15.3. The Balaban J connectivity index is 1.13. The minimum Gasteiger partial charge on any atom is -0.350 e. The second-order valence-corrected chi connectivity index (χ2v) is 9.93. The molecule has 0 saturated carbocycles. The number of aryl methyl sites for hydroxylation is 1. The first-order valence-electron chi connectivity index (χ1n) is 11.2. The highest BCUT2D eigenvalue weighted by atomic mass is 127. The Labute approximate surface area is 213 Å². The van der Waals surface area contributed by atoms with Gasteiger partial charge in [0.1, 0.15) is 0 Å². The third-order valence-electron chi connectivity index (χ3n) is 6.24. The molecule has 12 heteroatoms. The van der Waals surface area contributed by atoms with E-state index in [1.165, 1.54) is 32.4 Å². The van der Waals surface area contributed by atoms with Gasteiger partial charge < -0.3 is 19.3 Å². The number of rotatable bonds is 6. The molecule has 0 radical (unpaired) electrons. The zero-order valence-corrected chi connectivity index (χ0v) is 21.0. The van der Waals surface area contributed by atoms with Crippen molar-refractivity contribution in [3.63, 3.8) is 0 Å². The van der Waals surface area contributed by atoms with Gasteiger partial charge >= 0.3 is 12.1 Å². The van der Waals surface area contributed by atoms with Crippen LogP contribution in [0, 0.1) is 9.49 Å². The molecule has 0 atom stereocenters. The molecule has 1 aliphatic rings. The van der Waals surface area contributed by atoms with Gasteiger partial charge in [-0.15, -0.1) is 0 Å². The summed E-state index contributed by atoms with van der Waals surface area (Å²) in [5, 5.41) is 8.28. The Kier molecular flexibility index (Phi) is 6.66. The highest BCUT2D eigenvalue weighted by molar-refractivity contribution is 14.1. The zero-order valence-electron chi connectivity index (χ0n) is 18.9. The first-order chi connectivity index (χ1) is 16.8. The standard InChI is InChI=1S/C23H23F3IN7O/c1-33-13-16(18-8-17(27)2-3-19(18)33)10-28-9-14-4-6-34(7-5-14)22-29-11-15(12-30-22)20-31-21(35-32-20)23(24,25)26/h2-3,8,11-14,28H,4-7,9-10H2,1H3. The first kappa shape index (κ1) is 24.0. The van der Waals surface area contributed by atoms with Gasteiger partial charge in [-0.2, -0.15) is 18.2 Å². The smallest absolute Gasteiger partial charge is 0.350 e. The van der Waals surface area contributed by atoms with Gasteiger partial charge in [0.05, 0.1) is 5.56 Å². The van der Waals surface area contributed by atoms with Crippen molar-refractivity contribution in [1.82, 2.24) is 30.0 Å². The van der Waals surface area contributed by atoms with Crippen LogP contribution in [0.3, 0.4) is 0 Å². The number of nitrogens with one attached hydrogen (secondary N) is 1. The molecule has 1 saturated heterocycles. The van der Waals surface area contributed by atoms with Gasteiger partial charge in [-0.05, 0) is 71.7 Å². The second-order valence-electron chi connectivity index (χ2n) is 8.68. The maximum absolute atomic E-state index is 12.7. The lowest BCUT2D eigenvalue weighted by molar-refractivity contribution is -0.159. The Bertz CT molecular complexity index is 1310. The average Bonchev–Trinajstić information content (AvgIpc) is 3.45. The second kappa shape index (κ2) is 9.72. The van der Waals surface area contributed by atoms with Crippen LogP contribution in [0.25, 0.3) is 22.3 Å². The molecular weight excluding hydrogens is 574 g/mol. The van der Waals surface area contributed by atoms with E-state index in [4.69, 9.17) is 0 Å². The number of hydrogen-bond acceptors (Lipinski definition) is 7. The third kappa shape index (κ3) is 5.27. The fourth-order valence-electron chi connectivity index (χ4n) is 4.39. The van der Waals surface area contributed by atoms with E-state index in [0.29, 0.717) is 11.9 Å². The predicted molar refractivity (Wildman–Crippen MR) is 133 cm³/mol. The highest BCUT2D eigenvalue weighted by Gasteiger charge is 2.38. The van der Waals surface area contributed by atoms with Crippen molar-refractivity contribution in [3.05, 3.63) is 51.8 Å². The zero-order chi connectivity index (χ0) is 24.6. The fraction of sp³-hybridized carbons (Fsp3) is 0.391. The molecule has 0 amide bonds. The van der Waals surface area contributed by atoms with Crippen molar-refractivity contribution in [2.24, 2.45) is 13.0 Å². The van der Waals surface area contributed by atoms with E-state index in [2.05, 4.69) is 93.4 Å². The monoisotopic (exact) mass is 597 g/mol. The molecule has 0 spiro atoms. The Morgan fingerprint density at radius 3 is 2.60 bits per heavy atom. The van der Waals surface area contributed by atoms with E-state index >= 15 is 0 Å². The number of benzene rings is 1. The molecule has 1 fully saturated rings. The van der Waals surface area contributed by atoms with Crippen LogP contribution in [0.15, 0.2) is 41.3 Å². The molecule has 1 aliphatic heterocycles. The van der Waals surface area contributed by atoms with Crippen molar-refractivity contribution in [2.45, 2.75) is 25.6 Å². The van der Waals surface area contributed by atoms with Crippen LogP contribution in [-0.4, -0.2) is 44.3 Å². The quantitative estimate of drug-likeness (QED) is 0.324. The van der Waals surface area contributed by atoms with Crippen LogP contribution in [0.2, 0.25) is 0 Å². The molecule has 0 aliphatic carbocycles. The molecule has 1 aromatic carbocycles. The Morgan fingerprint density at radius 1 is 1.17 bits per heavy atom. The van der Waals surface area contributed by atoms with Gasteiger partial charge in [0.2, 0.25) is 11.8 Å². The highest BCUT2D eigenvalue weighted by Crippen LogP contribution is 2.29. The van der Waals surface area contributed by atoms with Crippen LogP contribution >= 0.6 is 22.6 Å². The van der Waals surface area contributed by atoms with E-state index in [1.807, 2.05) is 0 Å². The third-order valence-corrected chi connectivity index (χ3v) is 6.92. The molecule has 3 aromatic heterocycles. The van der Waals surface area contributed by atoms with Gasteiger partial charge in [0, 0.05) is 59.7 Å². The van der Waals surface area contributed by atoms with Crippen molar-refractivity contribution in [2.75, 3.05) is 24.5 Å². The number of aromatic nitrogens is 5. The van der Waals surface area contributed by atoms with Crippen molar-refractivity contribution < 1.29 is 17.7 Å². The number of alkyl halides is 3. The van der Waals surface area contributed by atoms with Gasteiger partial charge in [0.15, 0.2) is 0 Å². The number of piperidine rings is 1. The van der Waals surface area contributed by atoms with Crippen molar-refractivity contribution in [1.29, 1.82) is 0 Å². The lowest BCUT2D eigenvalue weighted by Gasteiger charge is -2.32. The van der Waals surface area contributed by atoms with E-state index < -0.39 is 12.1 Å². The molecule has 4 aromatic rings. The summed E-state index contributed by atoms with van der Waals surface area (Å²) in [6, 6.07) is 6.51. The number of halogens is 4. The molecule has 184 valence electrons. The first-order valence-corrected chi connectivity index (χ1v) is 12.3. The van der Waals surface area contributed by atoms with E-state index in [0.717, 1.165) is 39.0 Å². The lowest BCUT2D eigenvalue weighted by atomic mass is 9.97. The summed E-state index contributed by atoms with van der Waals surface area (Å²) in [6.45, 7) is 3.40. The number of anilines is 1. The minimum absolute atomic E-state index is 0.186. The molecular formula is C23H23F3IN7O. The Hall–Kier alpha value is -2.74. The molecule has 35 heavy (non-hydrogen) atoms. The SMILES string of the molecule is Cn1cc(CNCC2CCN(c3ncc(-c4noc(C(F)(F)F)n4)cn3)CC2)c2cc(I)ccc21. The van der Waals surface area contributed by atoms with Crippen molar-refractivity contribution in [3.8, 4) is 11.4 Å². The summed E-state index contributed by atoms with van der Waals surface area (Å²) < 4.78 is 45.6. The topological polar surface area (TPSA) is 84.9 Å². The summed E-state index contributed by atoms with van der Waals surface area (Å²) in [6.07, 6.45) is 2.37. The molecule has 1 N–H and O–H groups in total. The van der Waals surface area contributed by atoms with Crippen LogP contribution in [0.1, 0.15) is 24.3 Å². The fourth-order valence-corrected chi connectivity index (χ4v) is 4.88. The summed E-state index contributed by atoms with van der Waals surface area (Å²) in [7, 11) is 2.07. The molecule has 5 rings (SSSR count). The maximum Gasteiger partial charge on any atom is 0.471 e. The van der Waals surface area contributed by atoms with E-state index in [1.54, 1.807) is 0 Å². The Morgan fingerprint density at radius 2 is 1.91 bits per heavy atom. The van der Waals surface area contributed by atoms with E-state index in [9.17, 15) is 13.2 Å². The molecule has 0 unspecified atom stereocenters. The van der Waals surface area contributed by atoms with Gasteiger partial charge in [-0.25, -0.2) is 9.97 Å². The summed E-state index contributed by atoms with van der Waals surface area (Å²) >= 11 is 2.35. The summed E-state index contributed by atoms with van der Waals surface area (Å²) in [5.74, 6) is -0.470. The molecule has 0 bridgehead atoms. The summed E-state index contributed by atoms with van der Waals surface area (Å²) in [4.78, 5) is 14.1. The van der Waals surface area contributed by atoms with Crippen molar-refractivity contribution >= 4 is 39.4 Å². The van der Waals surface area contributed by atoms with Gasteiger partial charge in [-0.3, -0.25) is 0 Å². The van der Waals surface area contributed by atoms with E-state index in [-0.39, 0.29) is 11.4 Å². The van der Waals surface area contributed by atoms with Gasteiger partial charge in [0.25, 0.3) is 0 Å². The largest absolute Gasteiger partial charge is 0.471 e. The predicted octanol–water partition coefficient (Wildman–Crippen LogP) is 4.65. The molecule has 4 heterocycles. The number of fused-ring (bicyclic) bond motifs is 1. The molecule has 8 nitrogen and oxygen atoms in total. The lowest BCUT2D eigenvalue weighted by Crippen LogP contribution is -2.38. The maximum atomic E-state index is 12.7. The van der Waals surface area contributed by atoms with Crippen LogP contribution in [0.5, 0.6) is 0 Å². The average molecular weight is 597 g/mol. The number of hydrogen-bond donors (Lipinski definition) is 1. The number of nitrogens with zero attached hydrogens (tertiary/aromatic N) is 6. The van der Waals surface area contributed by atoms with Crippen LogP contribution < -0.4 is 10.2 Å². The van der Waals surface area contributed by atoms with Crippen LogP contribution in [-0.2, 0) is 19.8 Å².